The van der Waals surface area contributed by atoms with Crippen molar-refractivity contribution in [1.29, 1.82) is 0 Å². The van der Waals surface area contributed by atoms with Crippen molar-refractivity contribution < 1.29 is 18.4 Å². The Balaban J connectivity index is 1.64. The molecule has 3 heterocycles. The molecule has 0 spiro atoms. The third-order valence-electron chi connectivity index (χ3n) is 5.35. The Morgan fingerprint density at radius 3 is 2.50 bits per heavy atom. The van der Waals surface area contributed by atoms with Crippen LogP contribution in [0.25, 0.3) is 0 Å². The maximum Gasteiger partial charge on any atom is 0.291 e. The van der Waals surface area contributed by atoms with Gasteiger partial charge in [0.1, 0.15) is 17.3 Å². The Bertz CT molecular complexity index is 919. The van der Waals surface area contributed by atoms with Crippen molar-refractivity contribution in [2.75, 3.05) is 18.4 Å². The topological polar surface area (TPSA) is 67.2 Å². The second kappa shape index (κ2) is 7.69. The van der Waals surface area contributed by atoms with Gasteiger partial charge in [-0.2, -0.15) is 0 Å². The van der Waals surface area contributed by atoms with Crippen molar-refractivity contribution in [3.8, 4) is 0 Å². The summed E-state index contributed by atoms with van der Waals surface area (Å²) in [6.45, 7) is 1.99. The summed E-state index contributed by atoms with van der Waals surface area (Å²) in [5, 5.41) is 2.45. The van der Waals surface area contributed by atoms with Gasteiger partial charge in [0.15, 0.2) is 5.82 Å². The Kier molecular flexibility index (Phi) is 5.11. The highest BCUT2D eigenvalue weighted by atomic mass is 19.1. The Morgan fingerprint density at radius 2 is 1.75 bits per heavy atom. The zero-order valence-electron chi connectivity index (χ0n) is 15.5. The quantitative estimate of drug-likeness (QED) is 0.877. The van der Waals surface area contributed by atoms with E-state index in [1.165, 1.54) is 6.07 Å². The molecule has 1 saturated heterocycles. The smallest absolute Gasteiger partial charge is 0.291 e. The first-order valence-corrected chi connectivity index (χ1v) is 9.69. The fourth-order valence-electron chi connectivity index (χ4n) is 3.90. The standard InChI is InChI=1S/C20H22F2N4O2/c21-13-7-8-15(14(22)12-13)23-19(27)18-24-17(16-6-2-5-11-26(16)18)20(28)25-9-3-1-4-10-25/h7-8,12H,1-6,9-11H2,(H,23,27). The minimum Gasteiger partial charge on any atom is -0.337 e. The number of hydrogen-bond donors (Lipinski definition) is 1. The molecule has 2 amide bonds. The van der Waals surface area contributed by atoms with Crippen LogP contribution in [-0.4, -0.2) is 39.4 Å². The van der Waals surface area contributed by atoms with E-state index in [4.69, 9.17) is 0 Å². The van der Waals surface area contributed by atoms with Crippen molar-refractivity contribution in [1.82, 2.24) is 14.5 Å². The van der Waals surface area contributed by atoms with Gasteiger partial charge in [-0.1, -0.05) is 0 Å². The second-order valence-electron chi connectivity index (χ2n) is 7.27. The van der Waals surface area contributed by atoms with Gasteiger partial charge in [-0.3, -0.25) is 9.59 Å². The number of rotatable bonds is 3. The number of piperidine rings is 1. The average molecular weight is 388 g/mol. The molecule has 0 bridgehead atoms. The normalized spacial score (nSPS) is 16.6. The maximum absolute atomic E-state index is 13.9. The van der Waals surface area contributed by atoms with Gasteiger partial charge in [-0.15, -0.1) is 0 Å². The van der Waals surface area contributed by atoms with Crippen LogP contribution >= 0.6 is 0 Å². The van der Waals surface area contributed by atoms with E-state index in [1.807, 2.05) is 0 Å². The van der Waals surface area contributed by atoms with Crippen molar-refractivity contribution >= 4 is 17.5 Å². The molecule has 1 aromatic heterocycles. The molecule has 148 valence electrons. The van der Waals surface area contributed by atoms with Crippen LogP contribution in [0, 0.1) is 11.6 Å². The minimum atomic E-state index is -0.858. The van der Waals surface area contributed by atoms with E-state index in [1.54, 1.807) is 9.47 Å². The maximum atomic E-state index is 13.9. The van der Waals surface area contributed by atoms with Crippen LogP contribution in [0.5, 0.6) is 0 Å². The Labute approximate surface area is 161 Å². The van der Waals surface area contributed by atoms with E-state index >= 15 is 0 Å². The first-order valence-electron chi connectivity index (χ1n) is 9.69. The van der Waals surface area contributed by atoms with Crippen molar-refractivity contribution in [3.05, 3.63) is 47.0 Å². The summed E-state index contributed by atoms with van der Waals surface area (Å²) in [4.78, 5) is 31.9. The van der Waals surface area contributed by atoms with E-state index in [9.17, 15) is 18.4 Å². The van der Waals surface area contributed by atoms with E-state index in [0.29, 0.717) is 37.8 Å². The van der Waals surface area contributed by atoms with Crippen molar-refractivity contribution in [3.63, 3.8) is 0 Å². The molecule has 0 atom stereocenters. The average Bonchev–Trinajstić information content (AvgIpc) is 3.10. The van der Waals surface area contributed by atoms with Crippen LogP contribution in [0.2, 0.25) is 0 Å². The van der Waals surface area contributed by atoms with Gasteiger partial charge in [-0.25, -0.2) is 13.8 Å². The fraction of sp³-hybridized carbons (Fsp3) is 0.450. The predicted molar refractivity (Wildman–Crippen MR) is 99.2 cm³/mol. The zero-order valence-corrected chi connectivity index (χ0v) is 15.5. The first-order chi connectivity index (χ1) is 13.5. The summed E-state index contributed by atoms with van der Waals surface area (Å²) in [5.41, 5.74) is 0.973. The number of aromatic nitrogens is 2. The van der Waals surface area contributed by atoms with Gasteiger partial charge >= 0.3 is 0 Å². The molecule has 2 aromatic rings. The molecule has 2 aliphatic rings. The molecule has 0 saturated carbocycles. The van der Waals surface area contributed by atoms with Crippen LogP contribution in [0.15, 0.2) is 18.2 Å². The molecule has 0 unspecified atom stereocenters. The molecular formula is C20H22F2N4O2. The van der Waals surface area contributed by atoms with E-state index in [-0.39, 0.29) is 17.4 Å². The number of anilines is 1. The summed E-state index contributed by atoms with van der Waals surface area (Å²) in [7, 11) is 0. The fourth-order valence-corrected chi connectivity index (χ4v) is 3.90. The molecule has 28 heavy (non-hydrogen) atoms. The van der Waals surface area contributed by atoms with Crippen LogP contribution in [0.4, 0.5) is 14.5 Å². The third-order valence-corrected chi connectivity index (χ3v) is 5.35. The number of fused-ring (bicyclic) bond motifs is 1. The summed E-state index contributed by atoms with van der Waals surface area (Å²) >= 11 is 0. The molecule has 0 aliphatic carbocycles. The lowest BCUT2D eigenvalue weighted by atomic mass is 10.1. The lowest BCUT2D eigenvalue weighted by molar-refractivity contribution is 0.0717. The molecular weight excluding hydrogens is 366 g/mol. The SMILES string of the molecule is O=C(Nc1ccc(F)cc1F)c1nc(C(=O)N2CCCCC2)c2n1CCCC2. The number of amides is 2. The number of nitrogens with zero attached hydrogens (tertiary/aromatic N) is 3. The molecule has 0 radical (unpaired) electrons. The van der Waals surface area contributed by atoms with E-state index in [2.05, 4.69) is 10.3 Å². The van der Waals surface area contributed by atoms with Gasteiger partial charge < -0.3 is 14.8 Å². The largest absolute Gasteiger partial charge is 0.337 e. The van der Waals surface area contributed by atoms with Gasteiger partial charge in [0.25, 0.3) is 11.8 Å². The van der Waals surface area contributed by atoms with Gasteiger partial charge in [0.2, 0.25) is 0 Å². The number of benzene rings is 1. The van der Waals surface area contributed by atoms with E-state index < -0.39 is 17.5 Å². The molecule has 1 fully saturated rings. The first kappa shape index (κ1) is 18.6. The highest BCUT2D eigenvalue weighted by Gasteiger charge is 2.30. The molecule has 4 rings (SSSR count). The summed E-state index contributed by atoms with van der Waals surface area (Å²) in [6, 6.07) is 2.95. The van der Waals surface area contributed by atoms with E-state index in [0.717, 1.165) is 43.9 Å². The predicted octanol–water partition coefficient (Wildman–Crippen LogP) is 3.38. The van der Waals surface area contributed by atoms with Crippen LogP contribution in [0.1, 0.15) is 58.9 Å². The van der Waals surface area contributed by atoms with Gasteiger partial charge in [-0.05, 0) is 50.7 Å². The number of hydrogen-bond acceptors (Lipinski definition) is 3. The van der Waals surface area contributed by atoms with Crippen LogP contribution < -0.4 is 5.32 Å². The molecule has 6 nitrogen and oxygen atoms in total. The van der Waals surface area contributed by atoms with Crippen LogP contribution in [0.3, 0.4) is 0 Å². The summed E-state index contributed by atoms with van der Waals surface area (Å²) < 4.78 is 28.8. The highest BCUT2D eigenvalue weighted by Crippen LogP contribution is 2.24. The monoisotopic (exact) mass is 388 g/mol. The molecule has 2 aliphatic heterocycles. The lowest BCUT2D eigenvalue weighted by Gasteiger charge is -2.26. The molecule has 1 aromatic carbocycles. The van der Waals surface area contributed by atoms with Gasteiger partial charge in [0, 0.05) is 25.7 Å². The Hall–Kier alpha value is -2.77. The summed E-state index contributed by atoms with van der Waals surface area (Å²) in [5.74, 6) is -2.23. The van der Waals surface area contributed by atoms with Crippen molar-refractivity contribution in [2.24, 2.45) is 0 Å². The number of imidazole rings is 1. The zero-order chi connectivity index (χ0) is 19.7. The number of likely N-dealkylation sites (tertiary alicyclic amines) is 1. The highest BCUT2D eigenvalue weighted by molar-refractivity contribution is 6.03. The Morgan fingerprint density at radius 1 is 1.00 bits per heavy atom. The third kappa shape index (κ3) is 3.50. The summed E-state index contributed by atoms with van der Waals surface area (Å²) in [6.07, 6.45) is 5.55. The number of nitrogens with one attached hydrogen (secondary N) is 1. The molecule has 1 N–H and O–H groups in total. The second-order valence-corrected chi connectivity index (χ2v) is 7.27. The number of halogens is 2. The van der Waals surface area contributed by atoms with Gasteiger partial charge in [0.05, 0.1) is 11.4 Å². The lowest BCUT2D eigenvalue weighted by Crippen LogP contribution is -2.36. The minimum absolute atomic E-state index is 0.0961. The van der Waals surface area contributed by atoms with Crippen LogP contribution in [-0.2, 0) is 13.0 Å². The number of carbonyl (C=O) groups excluding carboxylic acids is 2. The number of carbonyl (C=O) groups is 2. The molecule has 8 heteroatoms. The van der Waals surface area contributed by atoms with Crippen molar-refractivity contribution in [2.45, 2.75) is 45.1 Å².